The van der Waals surface area contributed by atoms with Gasteiger partial charge in [-0.3, -0.25) is 9.59 Å². The van der Waals surface area contributed by atoms with E-state index in [-0.39, 0.29) is 11.7 Å². The fraction of sp³-hybridized carbons (Fsp3) is 0.400. The number of hydrogen-bond donors (Lipinski definition) is 1. The van der Waals surface area contributed by atoms with Crippen molar-refractivity contribution >= 4 is 23.3 Å². The van der Waals surface area contributed by atoms with E-state index in [9.17, 15) is 9.59 Å². The molecule has 0 radical (unpaired) electrons. The van der Waals surface area contributed by atoms with E-state index in [2.05, 4.69) is 32.0 Å². The van der Waals surface area contributed by atoms with Crippen molar-refractivity contribution in [3.63, 3.8) is 0 Å². The lowest BCUT2D eigenvalue weighted by molar-refractivity contribution is 0.101. The summed E-state index contributed by atoms with van der Waals surface area (Å²) in [6, 6.07) is 8.51. The number of rotatable bonds is 5. The number of hydrogen-bond acceptors (Lipinski definition) is 6. The molecule has 0 aliphatic carbocycles. The number of aromatic nitrogens is 2. The first-order valence-corrected chi connectivity index (χ1v) is 9.21. The Labute approximate surface area is 159 Å². The van der Waals surface area contributed by atoms with Gasteiger partial charge in [0.25, 0.3) is 5.91 Å². The molecule has 1 aliphatic rings. The van der Waals surface area contributed by atoms with Crippen molar-refractivity contribution in [2.24, 2.45) is 0 Å². The molecule has 27 heavy (non-hydrogen) atoms. The van der Waals surface area contributed by atoms with Gasteiger partial charge in [0.2, 0.25) is 5.95 Å². The van der Waals surface area contributed by atoms with Crippen LogP contribution in [0.3, 0.4) is 0 Å². The molecule has 0 spiro atoms. The van der Waals surface area contributed by atoms with Gasteiger partial charge in [-0.1, -0.05) is 6.92 Å². The van der Waals surface area contributed by atoms with Crippen molar-refractivity contribution in [1.82, 2.24) is 14.9 Å². The molecule has 7 heteroatoms. The van der Waals surface area contributed by atoms with Crippen LogP contribution in [-0.2, 0) is 0 Å². The molecule has 2 aromatic rings. The summed E-state index contributed by atoms with van der Waals surface area (Å²) in [5.41, 5.74) is 2.33. The first kappa shape index (κ1) is 19.0. The normalized spacial score (nSPS) is 14.9. The Hall–Kier alpha value is -2.80. The van der Waals surface area contributed by atoms with Crippen LogP contribution in [0.4, 0.5) is 11.6 Å². The van der Waals surface area contributed by atoms with Crippen LogP contribution < -0.4 is 10.2 Å². The van der Waals surface area contributed by atoms with Gasteiger partial charge in [0.15, 0.2) is 5.78 Å². The topological polar surface area (TPSA) is 78.4 Å². The number of piperazine rings is 1. The highest BCUT2D eigenvalue weighted by atomic mass is 16.2. The highest BCUT2D eigenvalue weighted by Gasteiger charge is 2.20. The van der Waals surface area contributed by atoms with Crippen LogP contribution in [0.2, 0.25) is 0 Å². The van der Waals surface area contributed by atoms with E-state index in [1.807, 2.05) is 6.92 Å². The fourth-order valence-electron chi connectivity index (χ4n) is 3.06. The maximum Gasteiger partial charge on any atom is 0.274 e. The van der Waals surface area contributed by atoms with Crippen LogP contribution in [0.15, 0.2) is 30.3 Å². The molecule has 0 bridgehead atoms. The minimum absolute atomic E-state index is 0.00730. The summed E-state index contributed by atoms with van der Waals surface area (Å²) in [7, 11) is 0. The quantitative estimate of drug-likeness (QED) is 0.818. The van der Waals surface area contributed by atoms with Crippen LogP contribution in [0.1, 0.15) is 40.4 Å². The van der Waals surface area contributed by atoms with Gasteiger partial charge >= 0.3 is 0 Å². The van der Waals surface area contributed by atoms with Crippen molar-refractivity contribution < 1.29 is 9.59 Å². The predicted molar refractivity (Wildman–Crippen MR) is 105 cm³/mol. The summed E-state index contributed by atoms with van der Waals surface area (Å²) in [5.74, 6) is 0.305. The lowest BCUT2D eigenvalue weighted by Crippen LogP contribution is -2.47. The molecule has 1 aliphatic heterocycles. The average molecular weight is 367 g/mol. The molecule has 1 aromatic heterocycles. The van der Waals surface area contributed by atoms with Crippen LogP contribution >= 0.6 is 0 Å². The molecule has 0 saturated carbocycles. The molecule has 1 fully saturated rings. The van der Waals surface area contributed by atoms with Crippen LogP contribution in [0.25, 0.3) is 0 Å². The van der Waals surface area contributed by atoms with Crippen LogP contribution in [0.5, 0.6) is 0 Å². The third-order valence-corrected chi connectivity index (χ3v) is 4.73. The van der Waals surface area contributed by atoms with E-state index >= 15 is 0 Å². The number of likely N-dealkylation sites (N-methyl/N-ethyl adjacent to an activating group) is 1. The van der Waals surface area contributed by atoms with Gasteiger partial charge in [-0.2, -0.15) is 0 Å². The fourth-order valence-corrected chi connectivity index (χ4v) is 3.06. The highest BCUT2D eigenvalue weighted by molar-refractivity contribution is 6.03. The molecule has 7 nitrogen and oxygen atoms in total. The number of nitrogens with one attached hydrogen (secondary N) is 1. The minimum atomic E-state index is -0.287. The molecule has 0 atom stereocenters. The Bertz CT molecular complexity index is 827. The van der Waals surface area contributed by atoms with Crippen molar-refractivity contribution in [3.8, 4) is 0 Å². The van der Waals surface area contributed by atoms with Gasteiger partial charge in [0, 0.05) is 43.1 Å². The zero-order valence-corrected chi connectivity index (χ0v) is 16.0. The van der Waals surface area contributed by atoms with E-state index in [1.54, 1.807) is 30.3 Å². The number of nitrogens with zero attached hydrogens (tertiary/aromatic N) is 4. The number of carbonyl (C=O) groups is 2. The lowest BCUT2D eigenvalue weighted by Gasteiger charge is -2.34. The summed E-state index contributed by atoms with van der Waals surface area (Å²) in [5, 5.41) is 2.83. The van der Waals surface area contributed by atoms with Gasteiger partial charge in [-0.15, -0.1) is 0 Å². The first-order valence-electron chi connectivity index (χ1n) is 9.21. The van der Waals surface area contributed by atoms with Gasteiger partial charge < -0.3 is 15.1 Å². The van der Waals surface area contributed by atoms with Crippen molar-refractivity contribution in [3.05, 3.63) is 47.3 Å². The highest BCUT2D eigenvalue weighted by Crippen LogP contribution is 2.15. The molecule has 0 unspecified atom stereocenters. The molecule has 142 valence electrons. The second-order valence-corrected chi connectivity index (χ2v) is 6.70. The maximum atomic E-state index is 12.6. The number of amides is 1. The summed E-state index contributed by atoms with van der Waals surface area (Å²) < 4.78 is 0. The summed E-state index contributed by atoms with van der Waals surface area (Å²) in [6.07, 6.45) is 0. The number of anilines is 2. The Morgan fingerprint density at radius 1 is 1.07 bits per heavy atom. The average Bonchev–Trinajstić information content (AvgIpc) is 2.68. The Morgan fingerprint density at radius 3 is 2.33 bits per heavy atom. The zero-order chi connectivity index (χ0) is 19.4. The Kier molecular flexibility index (Phi) is 5.81. The number of carbonyl (C=O) groups excluding carboxylic acids is 2. The lowest BCUT2D eigenvalue weighted by atomic mass is 10.1. The van der Waals surface area contributed by atoms with Crippen LogP contribution in [-0.4, -0.2) is 59.3 Å². The van der Waals surface area contributed by atoms with Crippen molar-refractivity contribution in [2.75, 3.05) is 42.9 Å². The van der Waals surface area contributed by atoms with Crippen molar-refractivity contribution in [2.45, 2.75) is 20.8 Å². The van der Waals surface area contributed by atoms with Crippen LogP contribution in [0, 0.1) is 6.92 Å². The second-order valence-electron chi connectivity index (χ2n) is 6.70. The Balaban J connectivity index is 1.73. The number of aryl methyl sites for hydroxylation is 1. The van der Waals surface area contributed by atoms with E-state index in [0.717, 1.165) is 38.4 Å². The SMILES string of the molecule is CCN1CCN(c2nc(C)cc(C(=O)Nc3ccc(C(C)=O)cc3)n2)CC1. The van der Waals surface area contributed by atoms with E-state index < -0.39 is 0 Å². The van der Waals surface area contributed by atoms with E-state index in [4.69, 9.17) is 0 Å². The molecule has 1 aromatic carbocycles. The maximum absolute atomic E-state index is 12.6. The van der Waals surface area contributed by atoms with E-state index in [0.29, 0.717) is 22.9 Å². The molecular weight excluding hydrogens is 342 g/mol. The number of ketones is 1. The number of Topliss-reactive ketones (excluding diaryl/α,β-unsaturated/α-hetero) is 1. The molecule has 1 amide bonds. The first-order chi connectivity index (χ1) is 13.0. The largest absolute Gasteiger partial charge is 0.338 e. The summed E-state index contributed by atoms with van der Waals surface area (Å²) >= 11 is 0. The zero-order valence-electron chi connectivity index (χ0n) is 16.0. The molecule has 1 N–H and O–H groups in total. The molecular formula is C20H25N5O2. The van der Waals surface area contributed by atoms with Gasteiger partial charge in [-0.05, 0) is 50.7 Å². The van der Waals surface area contributed by atoms with Gasteiger partial charge in [0.1, 0.15) is 5.69 Å². The third kappa shape index (κ3) is 4.68. The molecule has 3 rings (SSSR count). The standard InChI is InChI=1S/C20H25N5O2/c1-4-24-9-11-25(12-10-24)20-21-14(2)13-18(23-20)19(27)22-17-7-5-16(6-8-17)15(3)26/h5-8,13H,4,9-12H2,1-3H3,(H,22,27). The summed E-state index contributed by atoms with van der Waals surface area (Å²) in [6.45, 7) is 10.2. The molecule has 2 heterocycles. The third-order valence-electron chi connectivity index (χ3n) is 4.73. The number of benzene rings is 1. The van der Waals surface area contributed by atoms with E-state index in [1.165, 1.54) is 6.92 Å². The second kappa shape index (κ2) is 8.26. The monoisotopic (exact) mass is 367 g/mol. The smallest absolute Gasteiger partial charge is 0.274 e. The van der Waals surface area contributed by atoms with Gasteiger partial charge in [0.05, 0.1) is 0 Å². The Morgan fingerprint density at radius 2 is 1.74 bits per heavy atom. The molecule has 1 saturated heterocycles. The van der Waals surface area contributed by atoms with Gasteiger partial charge in [-0.25, -0.2) is 9.97 Å². The predicted octanol–water partition coefficient (Wildman–Crippen LogP) is 2.38. The van der Waals surface area contributed by atoms with Crippen molar-refractivity contribution in [1.29, 1.82) is 0 Å². The minimum Gasteiger partial charge on any atom is -0.338 e. The summed E-state index contributed by atoms with van der Waals surface area (Å²) in [4.78, 5) is 37.5.